The number of fused-ring (bicyclic) bond motifs is 2. The van der Waals surface area contributed by atoms with E-state index in [0.717, 1.165) is 18.3 Å². The van der Waals surface area contributed by atoms with Gasteiger partial charge in [-0.2, -0.15) is 18.6 Å². The normalized spacial score (nSPS) is 14.4. The summed E-state index contributed by atoms with van der Waals surface area (Å²) < 4.78 is 0. The van der Waals surface area contributed by atoms with Gasteiger partial charge in [0.15, 0.2) is 0 Å². The third kappa shape index (κ3) is 15.5. The van der Waals surface area contributed by atoms with Gasteiger partial charge in [0.25, 0.3) is 0 Å². The van der Waals surface area contributed by atoms with Crippen LogP contribution < -0.4 is 0 Å². The molecule has 2 aliphatic carbocycles. The van der Waals surface area contributed by atoms with E-state index in [1.54, 1.807) is 0 Å². The van der Waals surface area contributed by atoms with Crippen molar-refractivity contribution in [2.24, 2.45) is 11.8 Å². The predicted octanol–water partition coefficient (Wildman–Crippen LogP) is 17.9. The summed E-state index contributed by atoms with van der Waals surface area (Å²) in [6.07, 6.45) is 20.7. The number of hydrogen-bond acceptors (Lipinski definition) is 0. The molecule has 8 rings (SSSR count). The summed E-state index contributed by atoms with van der Waals surface area (Å²) in [7, 11) is 0. The average molecular weight is 937 g/mol. The summed E-state index contributed by atoms with van der Waals surface area (Å²) in [5.41, 5.74) is 11.3. The van der Waals surface area contributed by atoms with Gasteiger partial charge in [0.1, 0.15) is 0 Å². The van der Waals surface area contributed by atoms with Crippen LogP contribution in [-0.2, 0) is 36.2 Å². The number of halogens is 2. The zero-order valence-corrected chi connectivity index (χ0v) is 42.9. The van der Waals surface area contributed by atoms with Crippen LogP contribution in [0, 0.1) is 26.2 Å². The molecule has 0 N–H and O–H groups in total. The molecule has 0 bridgehead atoms. The van der Waals surface area contributed by atoms with Crippen molar-refractivity contribution in [3.8, 4) is 22.3 Å². The first-order chi connectivity index (χ1) is 27.8. The quantitative estimate of drug-likeness (QED) is 0.0810. The van der Waals surface area contributed by atoms with Crippen LogP contribution in [0.5, 0.6) is 0 Å². The Kier molecular flexibility index (Phi) is 25.6. The van der Waals surface area contributed by atoms with Gasteiger partial charge >= 0.3 is 30.2 Å². The van der Waals surface area contributed by atoms with Crippen molar-refractivity contribution >= 4 is 53.2 Å². The van der Waals surface area contributed by atoms with Crippen LogP contribution in [-0.4, -0.2) is 6.88 Å². The molecule has 0 saturated heterocycles. The van der Waals surface area contributed by atoms with Gasteiger partial charge in [0.2, 0.25) is 0 Å². The van der Waals surface area contributed by atoms with Crippen LogP contribution in [0.1, 0.15) is 152 Å². The molecular weight excluding hydrogens is 863 g/mol. The molecular formula is C56H74Cl2SiZr-4. The topological polar surface area (TPSA) is 0 Å². The average Bonchev–Trinajstić information content (AvgIpc) is 3.62. The number of hydrogen-bond donors (Lipinski definition) is 0. The molecule has 0 amide bonds. The molecule has 0 aromatic heterocycles. The second-order valence-electron chi connectivity index (χ2n) is 17.5. The first kappa shape index (κ1) is 53.9. The van der Waals surface area contributed by atoms with Crippen molar-refractivity contribution in [2.45, 2.75) is 143 Å². The van der Waals surface area contributed by atoms with Crippen molar-refractivity contribution in [2.75, 3.05) is 0 Å². The Morgan fingerprint density at radius 2 is 0.867 bits per heavy atom. The van der Waals surface area contributed by atoms with Gasteiger partial charge in [-0.1, -0.05) is 183 Å². The summed E-state index contributed by atoms with van der Waals surface area (Å²) in [6.45, 7) is 17.6. The van der Waals surface area contributed by atoms with E-state index in [0.29, 0.717) is 11.8 Å². The second-order valence-corrected chi connectivity index (χ2v) is 17.5. The van der Waals surface area contributed by atoms with Crippen LogP contribution in [0.3, 0.4) is 0 Å². The fourth-order valence-electron chi connectivity index (χ4n) is 9.23. The van der Waals surface area contributed by atoms with Crippen molar-refractivity contribution in [1.29, 1.82) is 0 Å². The molecule has 0 spiro atoms. The minimum absolute atomic E-state index is 0. The fourth-order valence-corrected chi connectivity index (χ4v) is 9.23. The fraction of sp³-hybridized carbons (Fsp3) is 0.429. The van der Waals surface area contributed by atoms with E-state index in [9.17, 15) is 0 Å². The molecule has 0 atom stereocenters. The van der Waals surface area contributed by atoms with E-state index in [2.05, 4.69) is 151 Å². The zero-order valence-electron chi connectivity index (χ0n) is 37.8. The number of rotatable bonds is 8. The molecule has 0 unspecified atom stereocenters. The van der Waals surface area contributed by atoms with Gasteiger partial charge in [-0.25, -0.2) is 0 Å². The molecule has 0 aliphatic heterocycles. The molecule has 0 heterocycles. The van der Waals surface area contributed by atoms with Gasteiger partial charge in [-0.05, 0) is 58.8 Å². The Balaban J connectivity index is 0.000000358. The maximum absolute atomic E-state index is 3.49. The summed E-state index contributed by atoms with van der Waals surface area (Å²) in [5.74, 6) is 2.96. The van der Waals surface area contributed by atoms with Gasteiger partial charge in [-0.3, -0.25) is 0 Å². The second kappa shape index (κ2) is 28.5. The zero-order chi connectivity index (χ0) is 40.6. The summed E-state index contributed by atoms with van der Waals surface area (Å²) >= 11 is 1.36. The van der Waals surface area contributed by atoms with Crippen LogP contribution in [0.4, 0.5) is 0 Å². The van der Waals surface area contributed by atoms with Gasteiger partial charge in [0, 0.05) is 0 Å². The molecule has 6 aromatic carbocycles. The van der Waals surface area contributed by atoms with E-state index in [1.165, 1.54) is 179 Å². The molecule has 0 nitrogen and oxygen atoms in total. The van der Waals surface area contributed by atoms with Crippen LogP contribution >= 0.6 is 24.8 Å². The van der Waals surface area contributed by atoms with Crippen molar-refractivity contribution in [1.82, 2.24) is 0 Å². The molecule has 2 aliphatic rings. The Bertz CT molecular complexity index is 1890. The third-order valence-electron chi connectivity index (χ3n) is 12.4. The van der Waals surface area contributed by atoms with E-state index >= 15 is 0 Å². The van der Waals surface area contributed by atoms with Crippen LogP contribution in [0.2, 0.25) is 0 Å². The first-order valence-electron chi connectivity index (χ1n) is 22.4. The summed E-state index contributed by atoms with van der Waals surface area (Å²) in [5, 5.41) is 5.65. The minimum atomic E-state index is 0. The Morgan fingerprint density at radius 3 is 1.17 bits per heavy atom. The van der Waals surface area contributed by atoms with Crippen LogP contribution in [0.25, 0.3) is 43.8 Å². The third-order valence-corrected chi connectivity index (χ3v) is 12.4. The standard InChI is InChI=1S/2C26H31.C3H7.CH3.2ClH.Si.Zr/c2*1-19(2)22-12-14-23(15-13-22)25-11-7-10-24-17-21(18-26(24)25)16-20-8-5-3-4-6-9-20;1-3-2;;;;;/h2*7,10-15,17-20H,3-6,8-9,16H2,1-2H3;1,3H2,2H3;1H3;2*1H;;/q4*-1;;;;. The number of benzene rings is 4. The van der Waals surface area contributed by atoms with E-state index in [4.69, 9.17) is 0 Å². The Hall–Kier alpha value is -2.22. The van der Waals surface area contributed by atoms with E-state index in [-0.39, 0.29) is 32.2 Å². The summed E-state index contributed by atoms with van der Waals surface area (Å²) in [4.78, 5) is 0. The molecule has 2 saturated carbocycles. The van der Waals surface area contributed by atoms with E-state index < -0.39 is 0 Å². The molecule has 60 heavy (non-hydrogen) atoms. The maximum atomic E-state index is 3.49. The Morgan fingerprint density at radius 1 is 0.550 bits per heavy atom. The summed E-state index contributed by atoms with van der Waals surface area (Å²) in [6, 6.07) is 41.7. The Labute approximate surface area is 396 Å². The predicted molar refractivity (Wildman–Crippen MR) is 270 cm³/mol. The van der Waals surface area contributed by atoms with Crippen molar-refractivity contribution in [3.05, 3.63) is 146 Å². The molecule has 324 valence electrons. The van der Waals surface area contributed by atoms with Crippen LogP contribution in [0.15, 0.2) is 109 Å². The van der Waals surface area contributed by atoms with Gasteiger partial charge < -0.3 is 14.4 Å². The first-order valence-corrected chi connectivity index (χ1v) is 26.6. The van der Waals surface area contributed by atoms with Gasteiger partial charge in [-0.15, -0.1) is 93.9 Å². The molecule has 4 heteroatoms. The van der Waals surface area contributed by atoms with Crippen molar-refractivity contribution < 1.29 is 23.3 Å². The molecule has 2 radical (unpaired) electrons. The monoisotopic (exact) mass is 934 g/mol. The van der Waals surface area contributed by atoms with E-state index in [1.807, 2.05) is 6.92 Å². The molecule has 2 fully saturated rings. The van der Waals surface area contributed by atoms with Crippen molar-refractivity contribution in [3.63, 3.8) is 0 Å². The van der Waals surface area contributed by atoms with Gasteiger partial charge in [0.05, 0.1) is 0 Å². The molecule has 6 aromatic rings. The SMILES string of the molecule is CC(C)c1ccc(-c2cccc3[cH-]c(CC4CCCCCC4)cc23)cc1.CC(C)c1ccc(-c2cccc3[cH-]c(CC4CCCCCC4)cc23)cc1.Cl.Cl.[CH2-]CC.[CH3-].[Si]=[Zr].